The maximum atomic E-state index is 11.7. The molecule has 0 aromatic carbocycles. The summed E-state index contributed by atoms with van der Waals surface area (Å²) in [5.41, 5.74) is 0.551. The molecular weight excluding hydrogens is 248 g/mol. The van der Waals surface area contributed by atoms with Gasteiger partial charge in [0, 0.05) is 10.8 Å². The van der Waals surface area contributed by atoms with Crippen LogP contribution in [0.5, 0.6) is 0 Å². The summed E-state index contributed by atoms with van der Waals surface area (Å²) in [6.07, 6.45) is 6.55. The van der Waals surface area contributed by atoms with Gasteiger partial charge in [-0.25, -0.2) is 16.8 Å². The Hall–Kier alpha value is -1.14. The lowest BCUT2D eigenvalue weighted by atomic mass is 10.1. The number of sulfone groups is 2. The molecule has 0 N–H and O–H groups in total. The van der Waals surface area contributed by atoms with Crippen LogP contribution in [0.25, 0.3) is 0 Å². The summed E-state index contributed by atoms with van der Waals surface area (Å²) in [5, 5.41) is 2.29. The molecule has 2 aliphatic rings. The lowest BCUT2D eigenvalue weighted by Crippen LogP contribution is -2.11. The van der Waals surface area contributed by atoms with Crippen molar-refractivity contribution in [3.8, 4) is 0 Å². The molecule has 0 fully saturated rings. The summed E-state index contributed by atoms with van der Waals surface area (Å²) < 4.78 is 46.0. The molecule has 0 spiro atoms. The Bertz CT molecular complexity index is 628. The average Bonchev–Trinajstić information content (AvgIpc) is 2.24. The highest BCUT2D eigenvalue weighted by Gasteiger charge is 2.26. The Balaban J connectivity index is 2.58. The van der Waals surface area contributed by atoms with Gasteiger partial charge in [0.05, 0.1) is 10.3 Å². The molecule has 16 heavy (non-hydrogen) atoms. The van der Waals surface area contributed by atoms with Gasteiger partial charge in [-0.05, 0) is 18.4 Å². The predicted octanol–water partition coefficient (Wildman–Crippen LogP) is 1.42. The zero-order valence-corrected chi connectivity index (χ0v) is 9.96. The molecule has 0 atom stereocenters. The van der Waals surface area contributed by atoms with Crippen molar-refractivity contribution in [3.05, 3.63) is 44.9 Å². The normalized spacial score (nSPS) is 26.0. The van der Waals surface area contributed by atoms with E-state index in [2.05, 4.69) is 0 Å². The first-order chi connectivity index (χ1) is 7.41. The Morgan fingerprint density at radius 2 is 1.81 bits per heavy atom. The predicted molar refractivity (Wildman–Crippen MR) is 61.5 cm³/mol. The maximum absolute atomic E-state index is 11.7. The van der Waals surface area contributed by atoms with E-state index in [9.17, 15) is 16.8 Å². The van der Waals surface area contributed by atoms with Gasteiger partial charge >= 0.3 is 0 Å². The van der Waals surface area contributed by atoms with E-state index in [0.717, 1.165) is 17.2 Å². The second-order valence-electron chi connectivity index (χ2n) is 3.55. The maximum Gasteiger partial charge on any atom is 0.201 e. The fourth-order valence-corrected chi connectivity index (χ4v) is 4.90. The zero-order chi connectivity index (χ0) is 11.8. The molecule has 1 aliphatic heterocycles. The van der Waals surface area contributed by atoms with Gasteiger partial charge in [0.2, 0.25) is 9.84 Å². The first kappa shape index (κ1) is 11.3. The summed E-state index contributed by atoms with van der Waals surface area (Å²) in [6.45, 7) is 0. The van der Waals surface area contributed by atoms with E-state index in [4.69, 9.17) is 0 Å². The molecule has 4 nitrogen and oxygen atoms in total. The van der Waals surface area contributed by atoms with Crippen molar-refractivity contribution in [1.29, 1.82) is 0 Å². The molecule has 1 heterocycles. The molecular formula is C10H10O4S2. The van der Waals surface area contributed by atoms with Crippen molar-refractivity contribution < 1.29 is 16.8 Å². The van der Waals surface area contributed by atoms with Crippen molar-refractivity contribution in [2.45, 2.75) is 12.8 Å². The topological polar surface area (TPSA) is 68.3 Å². The smallest absolute Gasteiger partial charge is 0.201 e. The van der Waals surface area contributed by atoms with E-state index in [1.165, 1.54) is 0 Å². The number of allylic oxidation sites excluding steroid dienone is 4. The summed E-state index contributed by atoms with van der Waals surface area (Å²) >= 11 is 0. The molecule has 0 aromatic rings. The third-order valence-electron chi connectivity index (χ3n) is 2.33. The Labute approximate surface area is 94.5 Å². The molecule has 0 saturated heterocycles. The van der Waals surface area contributed by atoms with E-state index in [1.807, 2.05) is 6.08 Å². The van der Waals surface area contributed by atoms with Crippen molar-refractivity contribution in [3.63, 3.8) is 0 Å². The minimum atomic E-state index is -3.59. The highest BCUT2D eigenvalue weighted by Crippen LogP contribution is 2.29. The highest BCUT2D eigenvalue weighted by molar-refractivity contribution is 8.04. The fraction of sp³-hybridized carbons (Fsp3) is 0.200. The van der Waals surface area contributed by atoms with E-state index in [1.54, 1.807) is 12.2 Å². The van der Waals surface area contributed by atoms with Crippen LogP contribution >= 0.6 is 0 Å². The first-order valence-corrected chi connectivity index (χ1v) is 7.82. The number of hydrogen-bond acceptors (Lipinski definition) is 4. The van der Waals surface area contributed by atoms with Crippen LogP contribution in [-0.2, 0) is 19.7 Å². The van der Waals surface area contributed by atoms with Crippen molar-refractivity contribution in [2.75, 3.05) is 0 Å². The second-order valence-corrected chi connectivity index (χ2v) is 7.03. The van der Waals surface area contributed by atoms with Crippen LogP contribution in [0.15, 0.2) is 44.9 Å². The highest BCUT2D eigenvalue weighted by atomic mass is 32.2. The second kappa shape index (κ2) is 3.71. The zero-order valence-electron chi connectivity index (χ0n) is 8.33. The largest absolute Gasteiger partial charge is 0.220 e. The molecule has 0 unspecified atom stereocenters. The summed E-state index contributed by atoms with van der Waals surface area (Å²) in [4.78, 5) is -0.0978. The van der Waals surface area contributed by atoms with Gasteiger partial charge in [-0.3, -0.25) is 0 Å². The SMILES string of the molecule is O=S1(=O)C=CS(=O)(=O)C(C2=CC=CCC2)=C1. The van der Waals surface area contributed by atoms with Gasteiger partial charge in [-0.2, -0.15) is 0 Å². The van der Waals surface area contributed by atoms with E-state index in [0.29, 0.717) is 17.4 Å². The van der Waals surface area contributed by atoms with Crippen LogP contribution < -0.4 is 0 Å². The van der Waals surface area contributed by atoms with Crippen LogP contribution in [0.2, 0.25) is 0 Å². The molecule has 2 rings (SSSR count). The lowest BCUT2D eigenvalue weighted by Gasteiger charge is -2.14. The van der Waals surface area contributed by atoms with Gasteiger partial charge in [0.1, 0.15) is 0 Å². The van der Waals surface area contributed by atoms with Crippen LogP contribution in [0.4, 0.5) is 0 Å². The third-order valence-corrected chi connectivity index (χ3v) is 5.22. The number of hydrogen-bond donors (Lipinski definition) is 0. The molecule has 0 amide bonds. The van der Waals surface area contributed by atoms with Crippen LogP contribution in [0, 0.1) is 0 Å². The molecule has 0 saturated carbocycles. The van der Waals surface area contributed by atoms with Gasteiger partial charge < -0.3 is 0 Å². The Morgan fingerprint density at radius 3 is 2.44 bits per heavy atom. The van der Waals surface area contributed by atoms with E-state index < -0.39 is 19.7 Å². The third kappa shape index (κ3) is 2.17. The lowest BCUT2D eigenvalue weighted by molar-refractivity contribution is 0.604. The summed E-state index contributed by atoms with van der Waals surface area (Å²) in [5.74, 6) is 0. The minimum Gasteiger partial charge on any atom is -0.220 e. The minimum absolute atomic E-state index is 0.0978. The fourth-order valence-electron chi connectivity index (χ4n) is 1.55. The number of rotatable bonds is 1. The molecule has 0 aromatic heterocycles. The van der Waals surface area contributed by atoms with Crippen LogP contribution in [0.3, 0.4) is 0 Å². The van der Waals surface area contributed by atoms with Gasteiger partial charge in [0.25, 0.3) is 0 Å². The molecule has 6 heteroatoms. The molecule has 1 aliphatic carbocycles. The Kier molecular flexibility index (Phi) is 2.63. The standard InChI is InChI=1S/C10H10O4S2/c11-15(12)6-7-16(13,14)10(8-15)9-4-2-1-3-5-9/h1-2,4,6-8H,3,5H2. The van der Waals surface area contributed by atoms with E-state index in [-0.39, 0.29) is 4.91 Å². The van der Waals surface area contributed by atoms with Crippen LogP contribution in [0.1, 0.15) is 12.8 Å². The average molecular weight is 258 g/mol. The quantitative estimate of drug-likeness (QED) is 0.713. The van der Waals surface area contributed by atoms with E-state index >= 15 is 0 Å². The van der Waals surface area contributed by atoms with Crippen molar-refractivity contribution >= 4 is 19.7 Å². The monoisotopic (exact) mass is 258 g/mol. The van der Waals surface area contributed by atoms with Crippen LogP contribution in [-0.4, -0.2) is 16.8 Å². The van der Waals surface area contributed by atoms with Crippen molar-refractivity contribution in [2.24, 2.45) is 0 Å². The molecule has 86 valence electrons. The van der Waals surface area contributed by atoms with Gasteiger partial charge in [0.15, 0.2) is 9.84 Å². The summed E-state index contributed by atoms with van der Waals surface area (Å²) in [7, 11) is -7.13. The van der Waals surface area contributed by atoms with Gasteiger partial charge in [-0.15, -0.1) is 0 Å². The van der Waals surface area contributed by atoms with Crippen molar-refractivity contribution in [1.82, 2.24) is 0 Å². The molecule has 0 radical (unpaired) electrons. The first-order valence-electron chi connectivity index (χ1n) is 4.67. The Morgan fingerprint density at radius 1 is 1.06 bits per heavy atom. The summed E-state index contributed by atoms with van der Waals surface area (Å²) in [6, 6.07) is 0. The van der Waals surface area contributed by atoms with Gasteiger partial charge in [-0.1, -0.05) is 18.2 Å². The molecule has 0 bridgehead atoms.